The maximum Gasteiger partial charge on any atom is 0.0361 e. The molecular weight excluding hydrogens is 202 g/mol. The van der Waals surface area contributed by atoms with E-state index >= 15 is 0 Å². The summed E-state index contributed by atoms with van der Waals surface area (Å²) in [4.78, 5) is 0. The van der Waals surface area contributed by atoms with Crippen LogP contribution in [0.4, 0.5) is 5.69 Å². The summed E-state index contributed by atoms with van der Waals surface area (Å²) in [5, 5.41) is 0. The number of hydrogen-bond acceptors (Lipinski definition) is 2. The first-order valence-electron chi connectivity index (χ1n) is 4.86. The van der Waals surface area contributed by atoms with E-state index in [1.807, 2.05) is 30.3 Å². The Kier molecular flexibility index (Phi) is 2.97. The predicted octanol–water partition coefficient (Wildman–Crippen LogP) is 3.37. The normalized spacial score (nSPS) is 10.2. The molecular formula is C13H13NS. The lowest BCUT2D eigenvalue weighted by Crippen LogP contribution is -1.92. The van der Waals surface area contributed by atoms with Gasteiger partial charge in [0, 0.05) is 11.4 Å². The first-order chi connectivity index (χ1) is 7.31. The molecule has 0 amide bonds. The van der Waals surface area contributed by atoms with Gasteiger partial charge in [0.1, 0.15) is 0 Å². The molecule has 0 saturated carbocycles. The Balaban J connectivity index is 2.43. The van der Waals surface area contributed by atoms with E-state index in [9.17, 15) is 0 Å². The lowest BCUT2D eigenvalue weighted by molar-refractivity contribution is 1.43. The van der Waals surface area contributed by atoms with Crippen molar-refractivity contribution < 1.29 is 0 Å². The summed E-state index contributed by atoms with van der Waals surface area (Å²) >= 11 is 4.22. The second-order valence-electron chi connectivity index (χ2n) is 3.44. The minimum absolute atomic E-state index is 0.681. The molecule has 0 radical (unpaired) electrons. The molecule has 2 heteroatoms. The number of nitrogen functional groups attached to an aromatic ring is 1. The fourth-order valence-electron chi connectivity index (χ4n) is 1.55. The van der Waals surface area contributed by atoms with Gasteiger partial charge in [-0.2, -0.15) is 12.6 Å². The number of benzene rings is 2. The van der Waals surface area contributed by atoms with Crippen LogP contribution in [-0.2, 0) is 5.75 Å². The summed E-state index contributed by atoms with van der Waals surface area (Å²) < 4.78 is 0. The molecule has 2 aromatic rings. The molecule has 1 nitrogen and oxygen atoms in total. The summed E-state index contributed by atoms with van der Waals surface area (Å²) in [7, 11) is 0. The minimum Gasteiger partial charge on any atom is -0.398 e. The highest BCUT2D eigenvalue weighted by Crippen LogP contribution is 2.24. The van der Waals surface area contributed by atoms with Crippen molar-refractivity contribution in [3.63, 3.8) is 0 Å². The third-order valence-electron chi connectivity index (χ3n) is 2.42. The van der Waals surface area contributed by atoms with Crippen LogP contribution in [-0.4, -0.2) is 0 Å². The first kappa shape index (κ1) is 10.1. The third kappa shape index (κ3) is 2.16. The largest absolute Gasteiger partial charge is 0.398 e. The maximum atomic E-state index is 5.92. The summed E-state index contributed by atoms with van der Waals surface area (Å²) in [6, 6.07) is 16.3. The van der Waals surface area contributed by atoms with E-state index in [1.54, 1.807) is 0 Å². The van der Waals surface area contributed by atoms with Crippen LogP contribution in [0, 0.1) is 0 Å². The number of anilines is 1. The molecule has 2 aromatic carbocycles. The number of nitrogens with two attached hydrogens (primary N) is 1. The number of hydrogen-bond donors (Lipinski definition) is 2. The fourth-order valence-corrected chi connectivity index (χ4v) is 1.84. The van der Waals surface area contributed by atoms with Crippen molar-refractivity contribution in [2.45, 2.75) is 5.75 Å². The van der Waals surface area contributed by atoms with Gasteiger partial charge in [-0.25, -0.2) is 0 Å². The van der Waals surface area contributed by atoms with Gasteiger partial charge in [-0.3, -0.25) is 0 Å². The molecule has 76 valence electrons. The van der Waals surface area contributed by atoms with Crippen molar-refractivity contribution in [2.75, 3.05) is 5.73 Å². The van der Waals surface area contributed by atoms with Gasteiger partial charge in [-0.1, -0.05) is 42.5 Å². The van der Waals surface area contributed by atoms with Gasteiger partial charge >= 0.3 is 0 Å². The molecule has 0 unspecified atom stereocenters. The van der Waals surface area contributed by atoms with Crippen molar-refractivity contribution >= 4 is 18.3 Å². The van der Waals surface area contributed by atoms with Crippen LogP contribution in [0.5, 0.6) is 0 Å². The smallest absolute Gasteiger partial charge is 0.0361 e. The second kappa shape index (κ2) is 4.41. The standard InChI is InChI=1S/C13H13NS/c14-13-8-11(6-7-12(13)9-15)10-4-2-1-3-5-10/h1-8,15H,9,14H2. The quantitative estimate of drug-likeness (QED) is 0.583. The number of rotatable bonds is 2. The van der Waals surface area contributed by atoms with Crippen LogP contribution >= 0.6 is 12.6 Å². The highest BCUT2D eigenvalue weighted by atomic mass is 32.1. The Bertz CT molecular complexity index is 451. The zero-order valence-electron chi connectivity index (χ0n) is 8.35. The Morgan fingerprint density at radius 1 is 0.933 bits per heavy atom. The van der Waals surface area contributed by atoms with Crippen molar-refractivity contribution in [1.82, 2.24) is 0 Å². The topological polar surface area (TPSA) is 26.0 Å². The van der Waals surface area contributed by atoms with Gasteiger partial charge < -0.3 is 5.73 Å². The first-order valence-corrected chi connectivity index (χ1v) is 5.49. The highest BCUT2D eigenvalue weighted by Gasteiger charge is 2.00. The monoisotopic (exact) mass is 215 g/mol. The molecule has 0 aliphatic heterocycles. The van der Waals surface area contributed by atoms with E-state index in [2.05, 4.69) is 30.8 Å². The average molecular weight is 215 g/mol. The zero-order chi connectivity index (χ0) is 10.7. The Morgan fingerprint density at radius 3 is 2.27 bits per heavy atom. The lowest BCUT2D eigenvalue weighted by Gasteiger charge is -2.06. The van der Waals surface area contributed by atoms with E-state index in [4.69, 9.17) is 5.73 Å². The molecule has 0 aliphatic rings. The Labute approximate surface area is 95.3 Å². The Hall–Kier alpha value is -1.41. The zero-order valence-corrected chi connectivity index (χ0v) is 9.24. The molecule has 2 N–H and O–H groups in total. The van der Waals surface area contributed by atoms with E-state index in [0.717, 1.165) is 16.8 Å². The SMILES string of the molecule is Nc1cc(-c2ccccc2)ccc1CS. The summed E-state index contributed by atoms with van der Waals surface area (Å²) in [5.41, 5.74) is 10.2. The van der Waals surface area contributed by atoms with Crippen molar-refractivity contribution in [3.05, 3.63) is 54.1 Å². The molecule has 0 aliphatic carbocycles. The maximum absolute atomic E-state index is 5.92. The highest BCUT2D eigenvalue weighted by molar-refractivity contribution is 7.79. The van der Waals surface area contributed by atoms with Crippen LogP contribution in [0.25, 0.3) is 11.1 Å². The van der Waals surface area contributed by atoms with Crippen LogP contribution in [0.3, 0.4) is 0 Å². The molecule has 0 saturated heterocycles. The van der Waals surface area contributed by atoms with E-state index in [-0.39, 0.29) is 0 Å². The third-order valence-corrected chi connectivity index (χ3v) is 2.76. The van der Waals surface area contributed by atoms with Crippen molar-refractivity contribution in [2.24, 2.45) is 0 Å². The summed E-state index contributed by atoms with van der Waals surface area (Å²) in [6.07, 6.45) is 0. The van der Waals surface area contributed by atoms with Gasteiger partial charge in [-0.05, 0) is 22.8 Å². The van der Waals surface area contributed by atoms with E-state index in [1.165, 1.54) is 5.56 Å². The molecule has 0 fully saturated rings. The van der Waals surface area contributed by atoms with E-state index in [0.29, 0.717) is 5.75 Å². The number of thiol groups is 1. The van der Waals surface area contributed by atoms with Gasteiger partial charge in [-0.15, -0.1) is 0 Å². The Morgan fingerprint density at radius 2 is 1.67 bits per heavy atom. The fraction of sp³-hybridized carbons (Fsp3) is 0.0769. The molecule has 0 spiro atoms. The predicted molar refractivity (Wildman–Crippen MR) is 69.0 cm³/mol. The van der Waals surface area contributed by atoms with E-state index < -0.39 is 0 Å². The molecule has 0 aromatic heterocycles. The average Bonchev–Trinajstić information content (AvgIpc) is 2.30. The molecule has 15 heavy (non-hydrogen) atoms. The van der Waals surface area contributed by atoms with Crippen molar-refractivity contribution in [1.29, 1.82) is 0 Å². The second-order valence-corrected chi connectivity index (χ2v) is 3.75. The van der Waals surface area contributed by atoms with Crippen LogP contribution in [0.1, 0.15) is 5.56 Å². The summed E-state index contributed by atoms with van der Waals surface area (Å²) in [6.45, 7) is 0. The van der Waals surface area contributed by atoms with Crippen LogP contribution < -0.4 is 5.73 Å². The molecule has 2 rings (SSSR count). The van der Waals surface area contributed by atoms with Gasteiger partial charge in [0.15, 0.2) is 0 Å². The van der Waals surface area contributed by atoms with Gasteiger partial charge in [0.05, 0.1) is 0 Å². The van der Waals surface area contributed by atoms with Gasteiger partial charge in [0.2, 0.25) is 0 Å². The lowest BCUT2D eigenvalue weighted by atomic mass is 10.0. The molecule has 0 heterocycles. The molecule has 0 atom stereocenters. The van der Waals surface area contributed by atoms with Gasteiger partial charge in [0.25, 0.3) is 0 Å². The van der Waals surface area contributed by atoms with Crippen LogP contribution in [0.15, 0.2) is 48.5 Å². The van der Waals surface area contributed by atoms with Crippen LogP contribution in [0.2, 0.25) is 0 Å². The summed E-state index contributed by atoms with van der Waals surface area (Å²) in [5.74, 6) is 0.681. The van der Waals surface area contributed by atoms with Crippen molar-refractivity contribution in [3.8, 4) is 11.1 Å². The minimum atomic E-state index is 0.681. The molecule has 0 bridgehead atoms.